The molecule has 0 fully saturated rings. The van der Waals surface area contributed by atoms with Gasteiger partial charge in [0.2, 0.25) is 5.91 Å². The third kappa shape index (κ3) is 3.46. The molecule has 0 spiro atoms. The second-order valence-electron chi connectivity index (χ2n) is 3.97. The first-order valence-electron chi connectivity index (χ1n) is 5.68. The minimum Gasteiger partial charge on any atom is -0.496 e. The van der Waals surface area contributed by atoms with Crippen LogP contribution in [-0.4, -0.2) is 26.6 Å². The van der Waals surface area contributed by atoms with Crippen molar-refractivity contribution in [2.75, 3.05) is 26.0 Å². The Morgan fingerprint density at radius 2 is 2.00 bits per heavy atom. The van der Waals surface area contributed by atoms with Gasteiger partial charge in [0, 0.05) is 18.7 Å². The van der Waals surface area contributed by atoms with Gasteiger partial charge in [-0.25, -0.2) is 0 Å². The van der Waals surface area contributed by atoms with E-state index in [2.05, 4.69) is 10.6 Å². The van der Waals surface area contributed by atoms with Gasteiger partial charge in [-0.05, 0) is 44.2 Å². The van der Waals surface area contributed by atoms with Crippen LogP contribution in [0.4, 0.5) is 5.69 Å². The fourth-order valence-corrected chi connectivity index (χ4v) is 1.60. The molecule has 0 atom stereocenters. The molecule has 94 valence electrons. The molecule has 0 heterocycles. The highest BCUT2D eigenvalue weighted by Crippen LogP contribution is 2.27. The van der Waals surface area contributed by atoms with E-state index < -0.39 is 0 Å². The van der Waals surface area contributed by atoms with E-state index in [0.717, 1.165) is 22.6 Å². The Labute approximate surface area is 102 Å². The Bertz CT molecular complexity index is 403. The van der Waals surface area contributed by atoms with Gasteiger partial charge in [0.15, 0.2) is 0 Å². The molecule has 0 radical (unpaired) electrons. The molecular weight excluding hydrogens is 216 g/mol. The molecule has 4 nitrogen and oxygen atoms in total. The van der Waals surface area contributed by atoms with Crippen LogP contribution in [0, 0.1) is 13.8 Å². The predicted octanol–water partition coefficient (Wildman–Crippen LogP) is 1.86. The van der Waals surface area contributed by atoms with Gasteiger partial charge in [0.1, 0.15) is 5.75 Å². The molecule has 0 aromatic heterocycles. The highest BCUT2D eigenvalue weighted by atomic mass is 16.5. The Morgan fingerprint density at radius 1 is 1.29 bits per heavy atom. The van der Waals surface area contributed by atoms with E-state index in [9.17, 15) is 4.79 Å². The molecule has 0 aliphatic heterocycles. The Balaban J connectivity index is 2.79. The van der Waals surface area contributed by atoms with Crippen molar-refractivity contribution in [1.29, 1.82) is 0 Å². The molecule has 1 amide bonds. The lowest BCUT2D eigenvalue weighted by Gasteiger charge is -2.13. The number of rotatable bonds is 5. The van der Waals surface area contributed by atoms with E-state index in [1.54, 1.807) is 7.11 Å². The molecule has 0 aliphatic rings. The van der Waals surface area contributed by atoms with Crippen LogP contribution in [0.2, 0.25) is 0 Å². The second-order valence-corrected chi connectivity index (χ2v) is 3.97. The normalized spacial score (nSPS) is 10.1. The molecule has 1 aromatic carbocycles. The quantitative estimate of drug-likeness (QED) is 0.820. The maximum atomic E-state index is 11.6. The molecule has 17 heavy (non-hydrogen) atoms. The minimum atomic E-state index is 0.0204. The summed E-state index contributed by atoms with van der Waals surface area (Å²) in [5, 5.41) is 5.85. The number of anilines is 1. The van der Waals surface area contributed by atoms with E-state index in [1.165, 1.54) is 0 Å². The SMILES string of the molecule is CNCCC(=O)Nc1ccc(OC)c(C)c1C. The van der Waals surface area contributed by atoms with Crippen LogP contribution >= 0.6 is 0 Å². The summed E-state index contributed by atoms with van der Waals surface area (Å²) in [6.45, 7) is 4.64. The first-order valence-corrected chi connectivity index (χ1v) is 5.68. The number of nitrogens with one attached hydrogen (secondary N) is 2. The third-order valence-electron chi connectivity index (χ3n) is 2.83. The molecular formula is C13H20N2O2. The van der Waals surface area contributed by atoms with Crippen LogP contribution < -0.4 is 15.4 Å². The molecule has 4 heteroatoms. The predicted molar refractivity (Wildman–Crippen MR) is 69.6 cm³/mol. The first kappa shape index (κ1) is 13.5. The molecule has 0 unspecified atom stereocenters. The van der Waals surface area contributed by atoms with Crippen molar-refractivity contribution in [3.8, 4) is 5.75 Å². The van der Waals surface area contributed by atoms with E-state index in [1.807, 2.05) is 33.0 Å². The number of methoxy groups -OCH3 is 1. The van der Waals surface area contributed by atoms with Gasteiger partial charge < -0.3 is 15.4 Å². The highest BCUT2D eigenvalue weighted by Gasteiger charge is 2.08. The van der Waals surface area contributed by atoms with Gasteiger partial charge in [-0.1, -0.05) is 0 Å². The smallest absolute Gasteiger partial charge is 0.225 e. The summed E-state index contributed by atoms with van der Waals surface area (Å²) < 4.78 is 5.23. The summed E-state index contributed by atoms with van der Waals surface area (Å²) in [4.78, 5) is 11.6. The average Bonchev–Trinajstić information content (AvgIpc) is 2.33. The van der Waals surface area contributed by atoms with E-state index in [-0.39, 0.29) is 5.91 Å². The first-order chi connectivity index (χ1) is 8.10. The van der Waals surface area contributed by atoms with Crippen LogP contribution in [0.25, 0.3) is 0 Å². The summed E-state index contributed by atoms with van der Waals surface area (Å²) >= 11 is 0. The number of benzene rings is 1. The van der Waals surface area contributed by atoms with Crippen LogP contribution in [0.15, 0.2) is 12.1 Å². The van der Waals surface area contributed by atoms with Crippen molar-refractivity contribution >= 4 is 11.6 Å². The molecule has 2 N–H and O–H groups in total. The van der Waals surface area contributed by atoms with Crippen molar-refractivity contribution in [3.63, 3.8) is 0 Å². The fraction of sp³-hybridized carbons (Fsp3) is 0.462. The lowest BCUT2D eigenvalue weighted by molar-refractivity contribution is -0.116. The lowest BCUT2D eigenvalue weighted by Crippen LogP contribution is -2.19. The average molecular weight is 236 g/mol. The van der Waals surface area contributed by atoms with Crippen LogP contribution in [0.3, 0.4) is 0 Å². The van der Waals surface area contributed by atoms with Gasteiger partial charge in [0.25, 0.3) is 0 Å². The van der Waals surface area contributed by atoms with Crippen molar-refractivity contribution in [1.82, 2.24) is 5.32 Å². The van der Waals surface area contributed by atoms with Gasteiger partial charge in [-0.2, -0.15) is 0 Å². The molecule has 1 aromatic rings. The van der Waals surface area contributed by atoms with Crippen molar-refractivity contribution in [2.45, 2.75) is 20.3 Å². The van der Waals surface area contributed by atoms with Gasteiger partial charge in [-0.15, -0.1) is 0 Å². The number of ether oxygens (including phenoxy) is 1. The zero-order chi connectivity index (χ0) is 12.8. The summed E-state index contributed by atoms with van der Waals surface area (Å²) in [5.41, 5.74) is 2.95. The standard InChI is InChI=1S/C13H20N2O2/c1-9-10(2)12(17-4)6-5-11(9)15-13(16)7-8-14-3/h5-6,14H,7-8H2,1-4H3,(H,15,16). The van der Waals surface area contributed by atoms with Gasteiger partial charge in [-0.3, -0.25) is 4.79 Å². The molecule has 0 saturated heterocycles. The second kappa shape index (κ2) is 6.25. The highest BCUT2D eigenvalue weighted by molar-refractivity contribution is 5.91. The number of hydrogen-bond acceptors (Lipinski definition) is 3. The van der Waals surface area contributed by atoms with Crippen molar-refractivity contribution in [2.24, 2.45) is 0 Å². The summed E-state index contributed by atoms with van der Waals surface area (Å²) in [6.07, 6.45) is 0.473. The zero-order valence-corrected chi connectivity index (χ0v) is 10.9. The van der Waals surface area contributed by atoms with E-state index >= 15 is 0 Å². The number of carbonyl (C=O) groups excluding carboxylic acids is 1. The van der Waals surface area contributed by atoms with Crippen LogP contribution in [0.1, 0.15) is 17.5 Å². The minimum absolute atomic E-state index is 0.0204. The van der Waals surface area contributed by atoms with E-state index in [0.29, 0.717) is 13.0 Å². The molecule has 0 saturated carbocycles. The summed E-state index contributed by atoms with van der Waals surface area (Å²) in [5.74, 6) is 0.864. The van der Waals surface area contributed by atoms with Crippen LogP contribution in [-0.2, 0) is 4.79 Å². The monoisotopic (exact) mass is 236 g/mol. The van der Waals surface area contributed by atoms with Gasteiger partial charge >= 0.3 is 0 Å². The van der Waals surface area contributed by atoms with Crippen molar-refractivity contribution < 1.29 is 9.53 Å². The topological polar surface area (TPSA) is 50.4 Å². The summed E-state index contributed by atoms with van der Waals surface area (Å²) in [7, 11) is 3.48. The molecule has 1 rings (SSSR count). The third-order valence-corrected chi connectivity index (χ3v) is 2.83. The number of hydrogen-bond donors (Lipinski definition) is 2. The van der Waals surface area contributed by atoms with E-state index in [4.69, 9.17) is 4.74 Å². The summed E-state index contributed by atoms with van der Waals surface area (Å²) in [6, 6.07) is 3.74. The number of amides is 1. The Morgan fingerprint density at radius 3 is 2.59 bits per heavy atom. The molecule has 0 bridgehead atoms. The molecule has 0 aliphatic carbocycles. The zero-order valence-electron chi connectivity index (χ0n) is 10.9. The van der Waals surface area contributed by atoms with Gasteiger partial charge in [0.05, 0.1) is 7.11 Å². The maximum absolute atomic E-state index is 11.6. The Hall–Kier alpha value is -1.55. The lowest BCUT2D eigenvalue weighted by atomic mass is 10.1. The largest absolute Gasteiger partial charge is 0.496 e. The van der Waals surface area contributed by atoms with Crippen LogP contribution in [0.5, 0.6) is 5.75 Å². The number of carbonyl (C=O) groups is 1. The Kier molecular flexibility index (Phi) is 4.97. The fourth-order valence-electron chi connectivity index (χ4n) is 1.60. The maximum Gasteiger partial charge on any atom is 0.225 e. The van der Waals surface area contributed by atoms with Crippen molar-refractivity contribution in [3.05, 3.63) is 23.3 Å².